The second kappa shape index (κ2) is 4.24. The Morgan fingerprint density at radius 3 is 2.74 bits per heavy atom. The highest BCUT2D eigenvalue weighted by molar-refractivity contribution is 5.43. The second-order valence-corrected chi connectivity index (χ2v) is 4.19. The van der Waals surface area contributed by atoms with Crippen LogP contribution in [0.15, 0.2) is 41.3 Å². The molecule has 0 aliphatic carbocycles. The topological polar surface area (TPSA) is 70.4 Å². The predicted octanol–water partition coefficient (Wildman–Crippen LogP) is 1.46. The van der Waals surface area contributed by atoms with E-state index in [2.05, 4.69) is 10.1 Å². The molecule has 2 aromatic heterocycles. The average molecular weight is 259 g/mol. The van der Waals surface area contributed by atoms with Crippen LogP contribution < -0.4 is 5.56 Å². The smallest absolute Gasteiger partial charge is 0.258 e. The third-order valence-corrected chi connectivity index (χ3v) is 2.92. The Hall–Kier alpha value is -2.63. The average Bonchev–Trinajstić information content (AvgIpc) is 2.85. The molecule has 2 heterocycles. The van der Waals surface area contributed by atoms with Gasteiger partial charge in [0.1, 0.15) is 11.5 Å². The van der Waals surface area contributed by atoms with Crippen LogP contribution in [0.2, 0.25) is 0 Å². The molecular formula is C13H10FN3O2. The zero-order chi connectivity index (χ0) is 13.4. The summed E-state index contributed by atoms with van der Waals surface area (Å²) in [4.78, 5) is 14.5. The molecule has 6 heteroatoms. The maximum atomic E-state index is 12.8. The number of aromatic amines is 1. The van der Waals surface area contributed by atoms with E-state index in [9.17, 15) is 14.3 Å². The molecule has 19 heavy (non-hydrogen) atoms. The van der Waals surface area contributed by atoms with Crippen LogP contribution in [0.4, 0.5) is 4.39 Å². The third kappa shape index (κ3) is 1.97. The lowest BCUT2D eigenvalue weighted by Crippen LogP contribution is -2.16. The van der Waals surface area contributed by atoms with Crippen molar-refractivity contribution in [2.24, 2.45) is 0 Å². The van der Waals surface area contributed by atoms with Crippen molar-refractivity contribution in [2.75, 3.05) is 0 Å². The number of aromatic nitrogens is 3. The van der Waals surface area contributed by atoms with E-state index in [0.717, 1.165) is 5.56 Å². The number of fused-ring (bicyclic) bond motifs is 1. The first-order valence-corrected chi connectivity index (χ1v) is 5.67. The maximum absolute atomic E-state index is 12.8. The Bertz CT molecular complexity index is 790. The highest BCUT2D eigenvalue weighted by Gasteiger charge is 2.12. The molecule has 0 atom stereocenters. The van der Waals surface area contributed by atoms with Crippen LogP contribution >= 0.6 is 0 Å². The van der Waals surface area contributed by atoms with Crippen LogP contribution in [0.5, 0.6) is 5.88 Å². The van der Waals surface area contributed by atoms with Crippen molar-refractivity contribution >= 4 is 5.65 Å². The molecule has 0 amide bonds. The number of halogens is 1. The van der Waals surface area contributed by atoms with Crippen molar-refractivity contribution < 1.29 is 9.50 Å². The number of aromatic hydroxyl groups is 1. The summed E-state index contributed by atoms with van der Waals surface area (Å²) in [7, 11) is 0. The van der Waals surface area contributed by atoms with Gasteiger partial charge in [-0.1, -0.05) is 12.1 Å². The van der Waals surface area contributed by atoms with Crippen molar-refractivity contribution in [3.8, 4) is 5.88 Å². The van der Waals surface area contributed by atoms with Gasteiger partial charge in [0.15, 0.2) is 0 Å². The summed E-state index contributed by atoms with van der Waals surface area (Å²) in [5, 5.41) is 14.0. The summed E-state index contributed by atoms with van der Waals surface area (Å²) in [6, 6.07) is 7.35. The number of H-pyrrole nitrogens is 1. The molecule has 0 aliphatic rings. The second-order valence-electron chi connectivity index (χ2n) is 4.19. The van der Waals surface area contributed by atoms with Crippen LogP contribution in [-0.2, 0) is 6.42 Å². The molecule has 0 spiro atoms. The first kappa shape index (κ1) is 11.5. The largest absolute Gasteiger partial charge is 0.493 e. The van der Waals surface area contributed by atoms with Crippen molar-refractivity contribution in [3.63, 3.8) is 0 Å². The van der Waals surface area contributed by atoms with E-state index in [1.807, 2.05) is 0 Å². The fourth-order valence-electron chi connectivity index (χ4n) is 1.95. The van der Waals surface area contributed by atoms with Gasteiger partial charge in [-0.25, -0.2) is 4.39 Å². The Morgan fingerprint density at radius 2 is 2.00 bits per heavy atom. The summed E-state index contributed by atoms with van der Waals surface area (Å²) >= 11 is 0. The van der Waals surface area contributed by atoms with E-state index >= 15 is 0 Å². The van der Waals surface area contributed by atoms with Crippen LogP contribution in [0.3, 0.4) is 0 Å². The minimum atomic E-state index is -0.380. The fraction of sp³-hybridized carbons (Fsp3) is 0.0769. The molecular weight excluding hydrogens is 249 g/mol. The van der Waals surface area contributed by atoms with Gasteiger partial charge in [0.25, 0.3) is 5.56 Å². The minimum Gasteiger partial charge on any atom is -0.493 e. The van der Waals surface area contributed by atoms with E-state index in [0.29, 0.717) is 5.65 Å². The lowest BCUT2D eigenvalue weighted by molar-refractivity contribution is 0.428. The van der Waals surface area contributed by atoms with Crippen LogP contribution in [-0.4, -0.2) is 19.7 Å². The molecule has 3 aromatic rings. The molecule has 96 valence electrons. The van der Waals surface area contributed by atoms with E-state index in [1.165, 1.54) is 22.8 Å². The van der Waals surface area contributed by atoms with Gasteiger partial charge in [0.05, 0.1) is 11.8 Å². The number of hydrogen-bond donors (Lipinski definition) is 2. The van der Waals surface area contributed by atoms with Crippen LogP contribution in [0.1, 0.15) is 11.1 Å². The van der Waals surface area contributed by atoms with Gasteiger partial charge >= 0.3 is 0 Å². The van der Waals surface area contributed by atoms with Crippen molar-refractivity contribution in [3.05, 3.63) is 63.8 Å². The maximum Gasteiger partial charge on any atom is 0.258 e. The number of rotatable bonds is 2. The van der Waals surface area contributed by atoms with Gasteiger partial charge in [-0.2, -0.15) is 9.61 Å². The molecule has 0 saturated carbocycles. The predicted molar refractivity (Wildman–Crippen MR) is 66.7 cm³/mol. The zero-order valence-corrected chi connectivity index (χ0v) is 9.80. The fourth-order valence-corrected chi connectivity index (χ4v) is 1.95. The molecule has 0 saturated heterocycles. The third-order valence-electron chi connectivity index (χ3n) is 2.92. The molecule has 2 N–H and O–H groups in total. The van der Waals surface area contributed by atoms with Gasteiger partial charge in [0.2, 0.25) is 5.88 Å². The van der Waals surface area contributed by atoms with E-state index < -0.39 is 0 Å². The quantitative estimate of drug-likeness (QED) is 0.732. The standard InChI is InChI=1S/C13H10FN3O2/c14-9-3-1-8(2-4-9)7-10-12(18)16-11-5-6-15-17(11)13(10)19/h1-6,19H,7H2,(H,16,18). The first-order chi connectivity index (χ1) is 9.15. The van der Waals surface area contributed by atoms with Gasteiger partial charge in [-0.05, 0) is 17.7 Å². The molecule has 1 aromatic carbocycles. The van der Waals surface area contributed by atoms with Crippen LogP contribution in [0.25, 0.3) is 5.65 Å². The molecule has 0 bridgehead atoms. The number of benzene rings is 1. The molecule has 3 rings (SSSR count). The normalized spacial score (nSPS) is 11.0. The minimum absolute atomic E-state index is 0.197. The Kier molecular flexibility index (Phi) is 2.56. The lowest BCUT2D eigenvalue weighted by Gasteiger charge is -2.05. The molecule has 0 aliphatic heterocycles. The Morgan fingerprint density at radius 1 is 1.26 bits per heavy atom. The van der Waals surface area contributed by atoms with E-state index in [4.69, 9.17) is 0 Å². The highest BCUT2D eigenvalue weighted by Crippen LogP contribution is 2.17. The summed E-state index contributed by atoms with van der Waals surface area (Å²) < 4.78 is 14.1. The summed E-state index contributed by atoms with van der Waals surface area (Å²) in [5.41, 5.74) is 0.969. The summed E-state index contributed by atoms with van der Waals surface area (Å²) in [6.07, 6.45) is 1.68. The molecule has 0 radical (unpaired) electrons. The zero-order valence-electron chi connectivity index (χ0n) is 9.80. The van der Waals surface area contributed by atoms with Gasteiger partial charge in [0, 0.05) is 12.5 Å². The Balaban J connectivity index is 2.09. The molecule has 0 unspecified atom stereocenters. The van der Waals surface area contributed by atoms with Crippen molar-refractivity contribution in [1.29, 1.82) is 0 Å². The number of hydrogen-bond acceptors (Lipinski definition) is 3. The highest BCUT2D eigenvalue weighted by atomic mass is 19.1. The SMILES string of the molecule is O=c1[nH]c2ccnn2c(O)c1Cc1ccc(F)cc1. The number of nitrogens with zero attached hydrogens (tertiary/aromatic N) is 2. The lowest BCUT2D eigenvalue weighted by atomic mass is 10.1. The van der Waals surface area contributed by atoms with Gasteiger partial charge in [-0.15, -0.1) is 0 Å². The summed E-state index contributed by atoms with van der Waals surface area (Å²) in [5.74, 6) is -0.544. The molecule has 5 nitrogen and oxygen atoms in total. The van der Waals surface area contributed by atoms with Crippen molar-refractivity contribution in [2.45, 2.75) is 6.42 Å². The summed E-state index contributed by atoms with van der Waals surface area (Å²) in [6.45, 7) is 0. The van der Waals surface area contributed by atoms with Gasteiger partial charge < -0.3 is 10.1 Å². The van der Waals surface area contributed by atoms with Gasteiger partial charge in [-0.3, -0.25) is 4.79 Å². The number of nitrogens with one attached hydrogen (secondary N) is 1. The van der Waals surface area contributed by atoms with Crippen molar-refractivity contribution in [1.82, 2.24) is 14.6 Å². The monoisotopic (exact) mass is 259 g/mol. The van der Waals surface area contributed by atoms with E-state index in [1.54, 1.807) is 18.2 Å². The first-order valence-electron chi connectivity index (χ1n) is 5.67. The van der Waals surface area contributed by atoms with Crippen LogP contribution in [0, 0.1) is 5.82 Å². The molecule has 0 fully saturated rings. The Labute approximate surface area is 107 Å². The van der Waals surface area contributed by atoms with E-state index in [-0.39, 0.29) is 29.2 Å².